The number of nitrogens with one attached hydrogen (secondary N) is 1. The van der Waals surface area contributed by atoms with Crippen molar-refractivity contribution in [3.63, 3.8) is 0 Å². The molecule has 4 heteroatoms. The SMILES string of the molecule is COCc1cccc(C(=O)N[C@@H]2CCCC[C@H]2O)c1. The van der Waals surface area contributed by atoms with Crippen LogP contribution in [0, 0.1) is 0 Å². The molecule has 1 aromatic rings. The number of rotatable bonds is 4. The van der Waals surface area contributed by atoms with Gasteiger partial charge in [-0.15, -0.1) is 0 Å². The van der Waals surface area contributed by atoms with Crippen molar-refractivity contribution in [1.82, 2.24) is 5.32 Å². The van der Waals surface area contributed by atoms with Crippen LogP contribution in [0.5, 0.6) is 0 Å². The maximum atomic E-state index is 12.2. The molecule has 1 aromatic carbocycles. The molecule has 1 aliphatic rings. The maximum absolute atomic E-state index is 12.2. The highest BCUT2D eigenvalue weighted by atomic mass is 16.5. The van der Waals surface area contributed by atoms with Crippen molar-refractivity contribution in [3.05, 3.63) is 35.4 Å². The van der Waals surface area contributed by atoms with Gasteiger partial charge in [0.15, 0.2) is 0 Å². The fourth-order valence-corrected chi connectivity index (χ4v) is 2.50. The van der Waals surface area contributed by atoms with Crippen LogP contribution < -0.4 is 5.32 Å². The molecule has 4 nitrogen and oxygen atoms in total. The molecule has 0 heterocycles. The summed E-state index contributed by atoms with van der Waals surface area (Å²) in [6, 6.07) is 7.26. The summed E-state index contributed by atoms with van der Waals surface area (Å²) in [7, 11) is 1.63. The molecule has 104 valence electrons. The van der Waals surface area contributed by atoms with E-state index in [9.17, 15) is 9.90 Å². The molecule has 0 unspecified atom stereocenters. The van der Waals surface area contributed by atoms with E-state index < -0.39 is 6.10 Å². The molecule has 2 rings (SSSR count). The number of amides is 1. The number of carbonyl (C=O) groups excluding carboxylic acids is 1. The molecule has 1 fully saturated rings. The second-order valence-corrected chi connectivity index (χ2v) is 5.07. The first-order valence-electron chi connectivity index (χ1n) is 6.77. The number of hydrogen-bond donors (Lipinski definition) is 2. The van der Waals surface area contributed by atoms with E-state index in [1.165, 1.54) is 0 Å². The largest absolute Gasteiger partial charge is 0.391 e. The van der Waals surface area contributed by atoms with Gasteiger partial charge >= 0.3 is 0 Å². The van der Waals surface area contributed by atoms with Crippen LogP contribution in [-0.4, -0.2) is 30.3 Å². The summed E-state index contributed by atoms with van der Waals surface area (Å²) in [5, 5.41) is 12.8. The van der Waals surface area contributed by atoms with Crippen molar-refractivity contribution >= 4 is 5.91 Å². The van der Waals surface area contributed by atoms with E-state index >= 15 is 0 Å². The average molecular weight is 263 g/mol. The molecule has 19 heavy (non-hydrogen) atoms. The van der Waals surface area contributed by atoms with Gasteiger partial charge in [0.1, 0.15) is 0 Å². The third-order valence-corrected chi connectivity index (χ3v) is 3.55. The third-order valence-electron chi connectivity index (χ3n) is 3.55. The quantitative estimate of drug-likeness (QED) is 0.872. The number of methoxy groups -OCH3 is 1. The van der Waals surface area contributed by atoms with Gasteiger partial charge in [0.2, 0.25) is 0 Å². The monoisotopic (exact) mass is 263 g/mol. The Morgan fingerprint density at radius 1 is 1.42 bits per heavy atom. The first-order chi connectivity index (χ1) is 9.20. The molecule has 1 amide bonds. The van der Waals surface area contributed by atoms with Crippen molar-refractivity contribution in [2.45, 2.75) is 44.4 Å². The number of carbonyl (C=O) groups is 1. The molecule has 2 N–H and O–H groups in total. The van der Waals surface area contributed by atoms with Crippen molar-refractivity contribution in [2.75, 3.05) is 7.11 Å². The van der Waals surface area contributed by atoms with Crippen LogP contribution in [0.15, 0.2) is 24.3 Å². The van der Waals surface area contributed by atoms with Crippen LogP contribution in [-0.2, 0) is 11.3 Å². The zero-order chi connectivity index (χ0) is 13.7. The zero-order valence-corrected chi connectivity index (χ0v) is 11.3. The Hall–Kier alpha value is -1.39. The first-order valence-corrected chi connectivity index (χ1v) is 6.77. The van der Waals surface area contributed by atoms with Crippen LogP contribution in [0.4, 0.5) is 0 Å². The highest BCUT2D eigenvalue weighted by molar-refractivity contribution is 5.94. The number of ether oxygens (including phenoxy) is 1. The standard InChI is InChI=1S/C15H21NO3/c1-19-10-11-5-4-6-12(9-11)15(18)16-13-7-2-3-8-14(13)17/h4-6,9,13-14,17H,2-3,7-8,10H2,1H3,(H,16,18)/t13-,14-/m1/s1. The van der Waals surface area contributed by atoms with Crippen LogP contribution in [0.2, 0.25) is 0 Å². The van der Waals surface area contributed by atoms with Gasteiger partial charge in [0.25, 0.3) is 5.91 Å². The van der Waals surface area contributed by atoms with Gasteiger partial charge in [-0.1, -0.05) is 25.0 Å². The summed E-state index contributed by atoms with van der Waals surface area (Å²) in [5.41, 5.74) is 1.59. The molecule has 0 bridgehead atoms. The summed E-state index contributed by atoms with van der Waals surface area (Å²) in [5.74, 6) is -0.121. The summed E-state index contributed by atoms with van der Waals surface area (Å²) in [4.78, 5) is 12.2. The van der Waals surface area contributed by atoms with E-state index in [1.807, 2.05) is 18.2 Å². The zero-order valence-electron chi connectivity index (χ0n) is 11.3. The van der Waals surface area contributed by atoms with Crippen molar-refractivity contribution in [3.8, 4) is 0 Å². The predicted octanol–water partition coefficient (Wildman–Crippen LogP) is 1.87. The Morgan fingerprint density at radius 3 is 2.95 bits per heavy atom. The second kappa shape index (κ2) is 6.68. The Morgan fingerprint density at radius 2 is 2.21 bits per heavy atom. The van der Waals surface area contributed by atoms with E-state index in [4.69, 9.17) is 4.74 Å². The highest BCUT2D eigenvalue weighted by Gasteiger charge is 2.24. The molecule has 0 saturated heterocycles. The molecule has 0 radical (unpaired) electrons. The number of hydrogen-bond acceptors (Lipinski definition) is 3. The van der Waals surface area contributed by atoms with Crippen molar-refractivity contribution in [2.24, 2.45) is 0 Å². The molecule has 1 aliphatic carbocycles. The Kier molecular flexibility index (Phi) is 4.93. The molecule has 1 saturated carbocycles. The highest BCUT2D eigenvalue weighted by Crippen LogP contribution is 2.19. The minimum atomic E-state index is -0.417. The smallest absolute Gasteiger partial charge is 0.251 e. The second-order valence-electron chi connectivity index (χ2n) is 5.07. The fourth-order valence-electron chi connectivity index (χ4n) is 2.50. The van der Waals surface area contributed by atoms with E-state index in [-0.39, 0.29) is 11.9 Å². The molecule has 0 aromatic heterocycles. The first kappa shape index (κ1) is 14.0. The predicted molar refractivity (Wildman–Crippen MR) is 72.9 cm³/mol. The van der Waals surface area contributed by atoms with Gasteiger partial charge in [-0.25, -0.2) is 0 Å². The van der Waals surface area contributed by atoms with E-state index in [0.29, 0.717) is 12.2 Å². The summed E-state index contributed by atoms with van der Waals surface area (Å²) in [6.45, 7) is 0.493. The van der Waals surface area contributed by atoms with Crippen LogP contribution >= 0.6 is 0 Å². The molecular weight excluding hydrogens is 242 g/mol. The number of benzene rings is 1. The van der Waals surface area contributed by atoms with Gasteiger partial charge in [-0.05, 0) is 30.5 Å². The molecule has 2 atom stereocenters. The minimum absolute atomic E-state index is 0.118. The van der Waals surface area contributed by atoms with Crippen molar-refractivity contribution in [1.29, 1.82) is 0 Å². The van der Waals surface area contributed by atoms with E-state index in [0.717, 1.165) is 31.2 Å². The van der Waals surface area contributed by atoms with Gasteiger partial charge in [0, 0.05) is 12.7 Å². The Labute approximate surface area is 113 Å². The fraction of sp³-hybridized carbons (Fsp3) is 0.533. The lowest BCUT2D eigenvalue weighted by atomic mass is 9.92. The lowest BCUT2D eigenvalue weighted by molar-refractivity contribution is 0.0717. The topological polar surface area (TPSA) is 58.6 Å². The number of aliphatic hydroxyl groups is 1. The average Bonchev–Trinajstić information content (AvgIpc) is 2.42. The molecule has 0 spiro atoms. The van der Waals surface area contributed by atoms with Gasteiger partial charge in [-0.3, -0.25) is 4.79 Å². The normalized spacial score (nSPS) is 23.1. The van der Waals surface area contributed by atoms with Crippen LogP contribution in [0.1, 0.15) is 41.6 Å². The third kappa shape index (κ3) is 3.78. The lowest BCUT2D eigenvalue weighted by Gasteiger charge is -2.28. The summed E-state index contributed by atoms with van der Waals surface area (Å²) in [6.07, 6.45) is 3.31. The van der Waals surface area contributed by atoms with E-state index in [1.54, 1.807) is 13.2 Å². The number of aliphatic hydroxyl groups excluding tert-OH is 1. The van der Waals surface area contributed by atoms with Gasteiger partial charge in [0.05, 0.1) is 18.8 Å². The van der Waals surface area contributed by atoms with Crippen molar-refractivity contribution < 1.29 is 14.6 Å². The Balaban J connectivity index is 2.00. The lowest BCUT2D eigenvalue weighted by Crippen LogP contribution is -2.45. The maximum Gasteiger partial charge on any atom is 0.251 e. The summed E-state index contributed by atoms with van der Waals surface area (Å²) < 4.78 is 5.06. The Bertz CT molecular complexity index is 433. The van der Waals surface area contributed by atoms with Crippen LogP contribution in [0.25, 0.3) is 0 Å². The summed E-state index contributed by atoms with van der Waals surface area (Å²) >= 11 is 0. The van der Waals surface area contributed by atoms with E-state index in [2.05, 4.69) is 5.32 Å². The van der Waals surface area contributed by atoms with Gasteiger partial charge in [-0.2, -0.15) is 0 Å². The van der Waals surface area contributed by atoms with Gasteiger partial charge < -0.3 is 15.2 Å². The minimum Gasteiger partial charge on any atom is -0.391 e. The molecule has 0 aliphatic heterocycles. The molecular formula is C15H21NO3. The van der Waals surface area contributed by atoms with Crippen LogP contribution in [0.3, 0.4) is 0 Å².